The number of benzene rings is 1. The molecule has 1 aromatic carbocycles. The SMILES string of the molecule is CC(=O)OC1=C2C3CCCN4CCc5cc6c(cc5[C@H]([C@@H]1C)[C@@]234)OCO6. The van der Waals surface area contributed by atoms with Crippen LogP contribution in [0.3, 0.4) is 0 Å². The third-order valence-corrected chi connectivity index (χ3v) is 7.20. The van der Waals surface area contributed by atoms with Gasteiger partial charge < -0.3 is 14.2 Å². The Bertz CT molecular complexity index is 875. The molecule has 6 rings (SSSR count). The summed E-state index contributed by atoms with van der Waals surface area (Å²) in [4.78, 5) is 14.4. The molecule has 1 unspecified atom stereocenters. The third kappa shape index (κ3) is 1.63. The molecule has 0 aromatic heterocycles. The van der Waals surface area contributed by atoms with Crippen LogP contribution in [0.25, 0.3) is 0 Å². The summed E-state index contributed by atoms with van der Waals surface area (Å²) in [6.45, 7) is 6.24. The molecule has 0 bridgehead atoms. The van der Waals surface area contributed by atoms with E-state index in [1.54, 1.807) is 0 Å². The zero-order valence-electron chi connectivity index (χ0n) is 15.2. The highest BCUT2D eigenvalue weighted by Crippen LogP contribution is 2.74. The first-order valence-electron chi connectivity index (χ1n) is 9.72. The van der Waals surface area contributed by atoms with Gasteiger partial charge in [0.25, 0.3) is 0 Å². The Morgan fingerprint density at radius 2 is 2.08 bits per heavy atom. The van der Waals surface area contributed by atoms with Crippen molar-refractivity contribution < 1.29 is 19.0 Å². The van der Waals surface area contributed by atoms with Crippen molar-refractivity contribution in [2.24, 2.45) is 11.8 Å². The fourth-order valence-electron chi connectivity index (χ4n) is 6.42. The van der Waals surface area contributed by atoms with Crippen LogP contribution in [0.15, 0.2) is 23.5 Å². The summed E-state index contributed by atoms with van der Waals surface area (Å²) < 4.78 is 17.1. The van der Waals surface area contributed by atoms with Crippen LogP contribution in [0.5, 0.6) is 11.5 Å². The van der Waals surface area contributed by atoms with Crippen LogP contribution < -0.4 is 9.47 Å². The van der Waals surface area contributed by atoms with Crippen LogP contribution in [0.1, 0.15) is 43.7 Å². The minimum atomic E-state index is -0.201. The van der Waals surface area contributed by atoms with Gasteiger partial charge in [0.15, 0.2) is 11.5 Å². The molecule has 0 N–H and O–H groups in total. The first-order chi connectivity index (χ1) is 12.6. The highest BCUT2D eigenvalue weighted by molar-refractivity contribution is 5.70. The number of allylic oxidation sites excluding steroid dienone is 1. The molecule has 1 aromatic rings. The molecule has 2 aliphatic carbocycles. The minimum Gasteiger partial charge on any atom is -0.454 e. The molecule has 136 valence electrons. The molecule has 4 atom stereocenters. The van der Waals surface area contributed by atoms with Crippen LogP contribution >= 0.6 is 0 Å². The van der Waals surface area contributed by atoms with Crippen molar-refractivity contribution in [2.75, 3.05) is 19.9 Å². The van der Waals surface area contributed by atoms with Gasteiger partial charge in [-0.15, -0.1) is 0 Å². The van der Waals surface area contributed by atoms with E-state index in [0.717, 1.165) is 36.8 Å². The van der Waals surface area contributed by atoms with Crippen LogP contribution in [0, 0.1) is 11.8 Å². The predicted octanol–water partition coefficient (Wildman–Crippen LogP) is 2.99. The van der Waals surface area contributed by atoms with Crippen molar-refractivity contribution in [1.29, 1.82) is 0 Å². The van der Waals surface area contributed by atoms with Gasteiger partial charge in [-0.1, -0.05) is 6.92 Å². The second-order valence-corrected chi connectivity index (χ2v) is 8.30. The number of ether oxygens (including phenoxy) is 3. The van der Waals surface area contributed by atoms with Crippen molar-refractivity contribution in [1.82, 2.24) is 4.90 Å². The van der Waals surface area contributed by atoms with Crippen molar-refractivity contribution in [2.45, 2.75) is 44.6 Å². The molecule has 3 aliphatic heterocycles. The van der Waals surface area contributed by atoms with Gasteiger partial charge >= 0.3 is 5.97 Å². The van der Waals surface area contributed by atoms with E-state index in [-0.39, 0.29) is 17.4 Å². The number of carbonyl (C=O) groups is 1. The van der Waals surface area contributed by atoms with Gasteiger partial charge in [-0.3, -0.25) is 9.69 Å². The molecule has 2 fully saturated rings. The molecule has 0 amide bonds. The molecule has 3 heterocycles. The zero-order chi connectivity index (χ0) is 17.6. The van der Waals surface area contributed by atoms with E-state index in [9.17, 15) is 4.79 Å². The Kier molecular flexibility index (Phi) is 2.80. The number of hydrogen-bond donors (Lipinski definition) is 0. The first-order valence-corrected chi connectivity index (χ1v) is 9.72. The minimum absolute atomic E-state index is 0.0708. The topological polar surface area (TPSA) is 48.0 Å². The Labute approximate surface area is 152 Å². The molecule has 0 radical (unpaired) electrons. The Balaban J connectivity index is 1.55. The molecule has 26 heavy (non-hydrogen) atoms. The number of piperidine rings is 1. The standard InChI is InChI=1S/C21H23NO4/c1-11-18-14-9-17-16(24-10-25-17)8-13(14)5-7-22-6-3-4-15-19(21(15,18)22)20(11)26-12(2)23/h8-9,11,15,18H,3-7,10H2,1-2H3/t11-,15?,18-,21+/m0/s1. The lowest BCUT2D eigenvalue weighted by molar-refractivity contribution is -0.137. The summed E-state index contributed by atoms with van der Waals surface area (Å²) in [6.07, 6.45) is 3.48. The average molecular weight is 353 g/mol. The summed E-state index contributed by atoms with van der Waals surface area (Å²) in [6, 6.07) is 4.38. The van der Waals surface area contributed by atoms with Crippen LogP contribution in [-0.2, 0) is 16.0 Å². The molecular formula is C21H23NO4. The van der Waals surface area contributed by atoms with Crippen molar-refractivity contribution in [3.8, 4) is 11.5 Å². The lowest BCUT2D eigenvalue weighted by Gasteiger charge is -2.39. The lowest BCUT2D eigenvalue weighted by atomic mass is 9.77. The van der Waals surface area contributed by atoms with Gasteiger partial charge in [-0.05, 0) is 54.6 Å². The van der Waals surface area contributed by atoms with Crippen LogP contribution in [0.2, 0.25) is 0 Å². The molecule has 1 saturated carbocycles. The van der Waals surface area contributed by atoms with Gasteiger partial charge in [0.1, 0.15) is 5.76 Å². The highest BCUT2D eigenvalue weighted by Gasteiger charge is 2.75. The first kappa shape index (κ1) is 15.1. The number of rotatable bonds is 1. The summed E-state index contributed by atoms with van der Waals surface area (Å²) >= 11 is 0. The van der Waals surface area contributed by atoms with Crippen LogP contribution in [-0.4, -0.2) is 36.3 Å². The fraction of sp³-hybridized carbons (Fsp3) is 0.571. The number of esters is 1. The van der Waals surface area contributed by atoms with E-state index < -0.39 is 0 Å². The molecule has 1 saturated heterocycles. The second kappa shape index (κ2) is 4.83. The summed E-state index contributed by atoms with van der Waals surface area (Å²) in [5.41, 5.74) is 4.21. The van der Waals surface area contributed by atoms with Gasteiger partial charge in [-0.2, -0.15) is 0 Å². The Morgan fingerprint density at radius 1 is 1.27 bits per heavy atom. The number of nitrogens with zero attached hydrogens (tertiary/aromatic N) is 1. The van der Waals surface area contributed by atoms with E-state index >= 15 is 0 Å². The number of carbonyl (C=O) groups excluding carboxylic acids is 1. The van der Waals surface area contributed by atoms with E-state index in [4.69, 9.17) is 14.2 Å². The van der Waals surface area contributed by atoms with Crippen molar-refractivity contribution in [3.63, 3.8) is 0 Å². The zero-order valence-corrected chi connectivity index (χ0v) is 15.2. The van der Waals surface area contributed by atoms with Gasteiger partial charge in [0.2, 0.25) is 6.79 Å². The Morgan fingerprint density at radius 3 is 2.88 bits per heavy atom. The molecule has 5 nitrogen and oxygen atoms in total. The van der Waals surface area contributed by atoms with E-state index in [1.165, 1.54) is 36.5 Å². The van der Waals surface area contributed by atoms with Crippen LogP contribution in [0.4, 0.5) is 0 Å². The van der Waals surface area contributed by atoms with Crippen molar-refractivity contribution >= 4 is 5.97 Å². The van der Waals surface area contributed by atoms with Gasteiger partial charge in [-0.25, -0.2) is 0 Å². The van der Waals surface area contributed by atoms with E-state index in [0.29, 0.717) is 18.6 Å². The number of fused-ring (bicyclic) bond motifs is 4. The third-order valence-electron chi connectivity index (χ3n) is 7.20. The summed E-state index contributed by atoms with van der Waals surface area (Å²) in [5.74, 6) is 3.57. The molecular weight excluding hydrogens is 330 g/mol. The molecule has 5 aliphatic rings. The fourth-order valence-corrected chi connectivity index (χ4v) is 6.42. The Hall–Kier alpha value is -2.01. The maximum Gasteiger partial charge on any atom is 0.307 e. The normalized spacial score (nSPS) is 36.2. The quantitative estimate of drug-likeness (QED) is 0.727. The maximum absolute atomic E-state index is 11.8. The summed E-state index contributed by atoms with van der Waals surface area (Å²) in [5, 5.41) is 0. The number of hydrogen-bond acceptors (Lipinski definition) is 5. The molecule has 5 heteroatoms. The highest BCUT2D eigenvalue weighted by atomic mass is 16.7. The smallest absolute Gasteiger partial charge is 0.307 e. The largest absolute Gasteiger partial charge is 0.454 e. The lowest BCUT2D eigenvalue weighted by Crippen LogP contribution is -2.46. The predicted molar refractivity (Wildman–Crippen MR) is 94.0 cm³/mol. The maximum atomic E-state index is 11.8. The summed E-state index contributed by atoms with van der Waals surface area (Å²) in [7, 11) is 0. The monoisotopic (exact) mass is 353 g/mol. The van der Waals surface area contributed by atoms with Gasteiger partial charge in [0, 0.05) is 31.2 Å². The van der Waals surface area contributed by atoms with Crippen molar-refractivity contribution in [3.05, 3.63) is 34.6 Å². The van der Waals surface area contributed by atoms with E-state index in [1.807, 2.05) is 0 Å². The molecule has 1 spiro atoms. The van der Waals surface area contributed by atoms with E-state index in [2.05, 4.69) is 24.0 Å². The average Bonchev–Trinajstić information content (AvgIpc) is 2.99. The second-order valence-electron chi connectivity index (χ2n) is 8.30. The van der Waals surface area contributed by atoms with Gasteiger partial charge in [0.05, 0.1) is 5.54 Å².